The van der Waals surface area contributed by atoms with Crippen molar-refractivity contribution in [3.63, 3.8) is 0 Å². The molecule has 1 amide bonds. The van der Waals surface area contributed by atoms with Gasteiger partial charge in [0.25, 0.3) is 0 Å². The Bertz CT molecular complexity index is 533. The van der Waals surface area contributed by atoms with Gasteiger partial charge in [-0.2, -0.15) is 5.26 Å². The fraction of sp³-hybridized carbons (Fsp3) is 0.333. The molecule has 0 saturated carbocycles. The summed E-state index contributed by atoms with van der Waals surface area (Å²) in [6, 6.07) is 9.34. The summed E-state index contributed by atoms with van der Waals surface area (Å²) in [6.07, 6.45) is 5.59. The number of benzene rings is 1. The quantitative estimate of drug-likeness (QED) is 0.623. The van der Waals surface area contributed by atoms with Crippen molar-refractivity contribution in [2.75, 3.05) is 5.88 Å². The van der Waals surface area contributed by atoms with E-state index in [1.807, 2.05) is 30.3 Å². The van der Waals surface area contributed by atoms with Gasteiger partial charge in [0.2, 0.25) is 5.91 Å². The van der Waals surface area contributed by atoms with E-state index in [0.29, 0.717) is 12.3 Å². The topological polar surface area (TPSA) is 44.1 Å². The largest absolute Gasteiger partial charge is 0.298 e. The summed E-state index contributed by atoms with van der Waals surface area (Å²) >= 11 is 5.60. The van der Waals surface area contributed by atoms with Crippen LogP contribution < -0.4 is 0 Å². The van der Waals surface area contributed by atoms with Crippen LogP contribution >= 0.6 is 11.6 Å². The van der Waals surface area contributed by atoms with Crippen LogP contribution in [-0.2, 0) is 4.79 Å². The molecule has 1 aliphatic heterocycles. The molecular formula is C15H15ClN2O. The van der Waals surface area contributed by atoms with Crippen LogP contribution in [0.2, 0.25) is 0 Å². The maximum Gasteiger partial charge on any atom is 0.227 e. The summed E-state index contributed by atoms with van der Waals surface area (Å²) in [7, 11) is 0. The molecule has 0 aromatic heterocycles. The van der Waals surface area contributed by atoms with Gasteiger partial charge in [-0.3, -0.25) is 9.69 Å². The molecule has 1 atom stereocenters. The van der Waals surface area contributed by atoms with Gasteiger partial charge in [-0.25, -0.2) is 0 Å². The molecule has 4 heteroatoms. The third-order valence-corrected chi connectivity index (χ3v) is 3.44. The van der Waals surface area contributed by atoms with E-state index >= 15 is 0 Å². The van der Waals surface area contributed by atoms with Crippen molar-refractivity contribution in [3.05, 3.63) is 41.6 Å². The normalized spacial score (nSPS) is 16.8. The summed E-state index contributed by atoms with van der Waals surface area (Å²) in [5.41, 5.74) is 1.89. The molecule has 0 saturated heterocycles. The number of rotatable bonds is 4. The second kappa shape index (κ2) is 6.40. The van der Waals surface area contributed by atoms with Gasteiger partial charge in [0, 0.05) is 18.5 Å². The van der Waals surface area contributed by atoms with Crippen LogP contribution in [0.1, 0.15) is 36.4 Å². The predicted molar refractivity (Wildman–Crippen MR) is 75.2 cm³/mol. The molecule has 98 valence electrons. The van der Waals surface area contributed by atoms with Crippen molar-refractivity contribution in [2.24, 2.45) is 0 Å². The highest BCUT2D eigenvalue weighted by molar-refractivity contribution is 6.17. The van der Waals surface area contributed by atoms with Gasteiger partial charge >= 0.3 is 0 Å². The van der Waals surface area contributed by atoms with E-state index < -0.39 is 6.04 Å². The molecule has 1 aromatic rings. The van der Waals surface area contributed by atoms with Crippen LogP contribution in [0, 0.1) is 11.3 Å². The Morgan fingerprint density at radius 1 is 1.37 bits per heavy atom. The Hall–Kier alpha value is -1.79. The van der Waals surface area contributed by atoms with E-state index in [0.717, 1.165) is 24.0 Å². The molecule has 2 rings (SSSR count). The van der Waals surface area contributed by atoms with E-state index in [1.54, 1.807) is 6.20 Å². The molecule has 3 nitrogen and oxygen atoms in total. The third-order valence-electron chi connectivity index (χ3n) is 3.17. The molecule has 1 heterocycles. The smallest absolute Gasteiger partial charge is 0.227 e. The first kappa shape index (κ1) is 13.6. The lowest BCUT2D eigenvalue weighted by atomic mass is 9.96. The van der Waals surface area contributed by atoms with Crippen LogP contribution in [0.5, 0.6) is 0 Å². The molecule has 0 fully saturated rings. The van der Waals surface area contributed by atoms with E-state index in [-0.39, 0.29) is 5.91 Å². The second-order valence-electron chi connectivity index (χ2n) is 4.42. The fourth-order valence-corrected chi connectivity index (χ4v) is 2.36. The van der Waals surface area contributed by atoms with E-state index in [2.05, 4.69) is 6.07 Å². The van der Waals surface area contributed by atoms with E-state index in [4.69, 9.17) is 11.6 Å². The molecule has 1 aromatic carbocycles. The molecule has 0 spiro atoms. The minimum absolute atomic E-state index is 0.0255. The number of carbonyl (C=O) groups is 1. The lowest BCUT2D eigenvalue weighted by Gasteiger charge is -2.28. The first-order valence-electron chi connectivity index (χ1n) is 6.32. The zero-order chi connectivity index (χ0) is 13.7. The Labute approximate surface area is 118 Å². The van der Waals surface area contributed by atoms with Gasteiger partial charge < -0.3 is 0 Å². The standard InChI is InChI=1S/C15H15ClN2O/c16-9-4-3-7-15(19)18-10-8-12-5-1-2-6-13(12)14(18)11-17/h1-2,5-6,8,10,14H,3-4,7,9H2. The number of amides is 1. The maximum atomic E-state index is 12.1. The molecule has 0 bridgehead atoms. The fourth-order valence-electron chi connectivity index (χ4n) is 2.17. The molecule has 1 unspecified atom stereocenters. The van der Waals surface area contributed by atoms with Crippen molar-refractivity contribution in [3.8, 4) is 6.07 Å². The SMILES string of the molecule is N#CC1c2ccccc2C=CN1C(=O)CCCCCl. The number of hydrogen-bond acceptors (Lipinski definition) is 2. The second-order valence-corrected chi connectivity index (χ2v) is 4.80. The van der Waals surface area contributed by atoms with Gasteiger partial charge in [0.15, 0.2) is 0 Å². The number of fused-ring (bicyclic) bond motifs is 1. The molecule has 0 N–H and O–H groups in total. The van der Waals surface area contributed by atoms with Gasteiger partial charge in [-0.05, 0) is 30.0 Å². The van der Waals surface area contributed by atoms with Crippen molar-refractivity contribution in [1.29, 1.82) is 5.26 Å². The summed E-state index contributed by atoms with van der Waals surface area (Å²) in [6.45, 7) is 0. The van der Waals surface area contributed by atoms with Crippen LogP contribution in [0.4, 0.5) is 0 Å². The third kappa shape index (κ3) is 2.97. The van der Waals surface area contributed by atoms with E-state index in [1.165, 1.54) is 4.90 Å². The molecule has 0 aliphatic carbocycles. The Balaban J connectivity index is 2.16. The van der Waals surface area contributed by atoms with Crippen LogP contribution in [-0.4, -0.2) is 16.7 Å². The molecule has 1 aliphatic rings. The van der Waals surface area contributed by atoms with Crippen LogP contribution in [0.3, 0.4) is 0 Å². The average Bonchev–Trinajstić information content (AvgIpc) is 2.46. The van der Waals surface area contributed by atoms with Crippen molar-refractivity contribution < 1.29 is 4.79 Å². The van der Waals surface area contributed by atoms with Crippen molar-refractivity contribution in [1.82, 2.24) is 4.90 Å². The van der Waals surface area contributed by atoms with Crippen LogP contribution in [0.15, 0.2) is 30.5 Å². The maximum absolute atomic E-state index is 12.1. The van der Waals surface area contributed by atoms with Crippen molar-refractivity contribution in [2.45, 2.75) is 25.3 Å². The molecular weight excluding hydrogens is 260 g/mol. The minimum atomic E-state index is -0.523. The number of carbonyl (C=O) groups excluding carboxylic acids is 1. The predicted octanol–water partition coefficient (Wildman–Crippen LogP) is 3.47. The number of unbranched alkanes of at least 4 members (excludes halogenated alkanes) is 1. The highest BCUT2D eigenvalue weighted by Gasteiger charge is 2.27. The summed E-state index contributed by atoms with van der Waals surface area (Å²) in [4.78, 5) is 13.7. The first-order valence-corrected chi connectivity index (χ1v) is 6.85. The number of nitriles is 1. The number of nitrogens with zero attached hydrogens (tertiary/aromatic N) is 2. The number of hydrogen-bond donors (Lipinski definition) is 0. The summed E-state index contributed by atoms with van der Waals surface area (Å²) in [5.74, 6) is 0.538. The van der Waals surface area contributed by atoms with Gasteiger partial charge in [-0.1, -0.05) is 24.3 Å². The number of alkyl halides is 1. The average molecular weight is 275 g/mol. The summed E-state index contributed by atoms with van der Waals surface area (Å²) in [5, 5.41) is 9.33. The molecule has 19 heavy (non-hydrogen) atoms. The van der Waals surface area contributed by atoms with Crippen molar-refractivity contribution >= 4 is 23.6 Å². The van der Waals surface area contributed by atoms with Crippen LogP contribution in [0.25, 0.3) is 6.08 Å². The van der Waals surface area contributed by atoms with E-state index in [9.17, 15) is 10.1 Å². The van der Waals surface area contributed by atoms with Gasteiger partial charge in [0.1, 0.15) is 6.04 Å². The Kier molecular flexibility index (Phi) is 4.59. The zero-order valence-electron chi connectivity index (χ0n) is 10.6. The Morgan fingerprint density at radius 3 is 2.89 bits per heavy atom. The first-order chi connectivity index (χ1) is 9.27. The highest BCUT2D eigenvalue weighted by atomic mass is 35.5. The zero-order valence-corrected chi connectivity index (χ0v) is 11.3. The van der Waals surface area contributed by atoms with Gasteiger partial charge in [0.05, 0.1) is 6.07 Å². The van der Waals surface area contributed by atoms with Gasteiger partial charge in [-0.15, -0.1) is 11.6 Å². The Morgan fingerprint density at radius 2 is 2.16 bits per heavy atom. The number of halogens is 1. The lowest BCUT2D eigenvalue weighted by molar-refractivity contribution is -0.129. The monoisotopic (exact) mass is 274 g/mol. The highest BCUT2D eigenvalue weighted by Crippen LogP contribution is 2.30. The summed E-state index contributed by atoms with van der Waals surface area (Å²) < 4.78 is 0. The lowest BCUT2D eigenvalue weighted by Crippen LogP contribution is -2.31. The minimum Gasteiger partial charge on any atom is -0.298 e. The molecule has 0 radical (unpaired) electrons.